The summed E-state index contributed by atoms with van der Waals surface area (Å²) in [5, 5.41) is 7.54. The van der Waals surface area contributed by atoms with E-state index in [9.17, 15) is 14.4 Å². The van der Waals surface area contributed by atoms with Crippen molar-refractivity contribution in [3.63, 3.8) is 0 Å². The van der Waals surface area contributed by atoms with Crippen molar-refractivity contribution in [3.8, 4) is 0 Å². The molecule has 1 unspecified atom stereocenters. The molecular weight excluding hydrogens is 502 g/mol. The van der Waals surface area contributed by atoms with Crippen molar-refractivity contribution in [1.29, 1.82) is 0 Å². The van der Waals surface area contributed by atoms with E-state index in [0.29, 0.717) is 13.0 Å². The van der Waals surface area contributed by atoms with Crippen molar-refractivity contribution < 1.29 is 14.3 Å². The summed E-state index contributed by atoms with van der Waals surface area (Å²) in [5.74, 6) is -0.221. The van der Waals surface area contributed by atoms with Gasteiger partial charge in [0.2, 0.25) is 5.91 Å². The highest BCUT2D eigenvalue weighted by Gasteiger charge is 2.32. The molecule has 0 saturated heterocycles. The zero-order valence-corrected chi connectivity index (χ0v) is 24.3. The molecule has 1 amide bonds. The number of ether oxygens (including phenoxy) is 1. The Morgan fingerprint density at radius 2 is 1.73 bits per heavy atom. The third-order valence-electron chi connectivity index (χ3n) is 7.55. The zero-order chi connectivity index (χ0) is 28.9. The fourth-order valence-corrected chi connectivity index (χ4v) is 5.53. The monoisotopic (exact) mass is 543 g/mol. The number of carbonyl (C=O) groups excluding carboxylic acids is 2. The van der Waals surface area contributed by atoms with E-state index >= 15 is 0 Å². The second-order valence-electron chi connectivity index (χ2n) is 11.9. The minimum Gasteiger partial charge on any atom is -0.460 e. The number of carbonyl (C=O) groups is 2. The summed E-state index contributed by atoms with van der Waals surface area (Å²) in [6.07, 6.45) is 5.16. The number of hydrogen-bond acceptors (Lipinski definition) is 5. The number of anilines is 1. The van der Waals surface area contributed by atoms with Crippen LogP contribution in [0.15, 0.2) is 59.4 Å². The molecule has 40 heavy (non-hydrogen) atoms. The molecule has 1 N–H and O–H groups in total. The number of nitrogens with zero attached hydrogens (tertiary/aromatic N) is 2. The van der Waals surface area contributed by atoms with Crippen molar-refractivity contribution in [2.24, 2.45) is 5.92 Å². The SMILES string of the molecule is Cc1ccc(=O)n(Cc2ccc(C(C(=O)Nc3cccc(CCC(=O)OC(C)(C)C)c3C)C3CCCC3)cc2)n1. The first kappa shape index (κ1) is 29.2. The Morgan fingerprint density at radius 1 is 1.02 bits per heavy atom. The molecule has 7 nitrogen and oxygen atoms in total. The summed E-state index contributed by atoms with van der Waals surface area (Å²) < 4.78 is 6.92. The average molecular weight is 544 g/mol. The van der Waals surface area contributed by atoms with Crippen LogP contribution < -0.4 is 10.9 Å². The number of hydrogen-bond donors (Lipinski definition) is 1. The van der Waals surface area contributed by atoms with Gasteiger partial charge in [-0.3, -0.25) is 14.4 Å². The van der Waals surface area contributed by atoms with Gasteiger partial charge in [-0.05, 0) is 94.2 Å². The summed E-state index contributed by atoms with van der Waals surface area (Å²) in [7, 11) is 0. The third-order valence-corrected chi connectivity index (χ3v) is 7.55. The Balaban J connectivity index is 1.50. The molecule has 1 aromatic heterocycles. The van der Waals surface area contributed by atoms with Crippen LogP contribution in [0, 0.1) is 19.8 Å². The van der Waals surface area contributed by atoms with Crippen molar-refractivity contribution in [2.45, 2.75) is 91.2 Å². The lowest BCUT2D eigenvalue weighted by Gasteiger charge is -2.24. The van der Waals surface area contributed by atoms with Crippen LogP contribution in [0.5, 0.6) is 0 Å². The minimum atomic E-state index is -0.509. The molecule has 1 fully saturated rings. The number of esters is 1. The third kappa shape index (κ3) is 7.68. The second kappa shape index (κ2) is 12.6. The van der Waals surface area contributed by atoms with E-state index in [1.54, 1.807) is 6.07 Å². The maximum atomic E-state index is 13.8. The number of nitrogens with one attached hydrogen (secondary N) is 1. The molecule has 4 rings (SSSR count). The normalized spacial score (nSPS) is 14.6. The van der Waals surface area contributed by atoms with E-state index < -0.39 is 5.60 Å². The topological polar surface area (TPSA) is 90.3 Å². The smallest absolute Gasteiger partial charge is 0.306 e. The van der Waals surface area contributed by atoms with Crippen LogP contribution in [-0.4, -0.2) is 27.3 Å². The largest absolute Gasteiger partial charge is 0.460 e. The second-order valence-corrected chi connectivity index (χ2v) is 11.9. The van der Waals surface area contributed by atoms with E-state index in [0.717, 1.165) is 59.3 Å². The molecule has 7 heteroatoms. The van der Waals surface area contributed by atoms with Crippen LogP contribution in [0.4, 0.5) is 5.69 Å². The van der Waals surface area contributed by atoms with Crippen molar-refractivity contribution in [1.82, 2.24) is 9.78 Å². The predicted molar refractivity (Wildman–Crippen MR) is 157 cm³/mol. The van der Waals surface area contributed by atoms with E-state index in [1.165, 1.54) is 10.7 Å². The van der Waals surface area contributed by atoms with Gasteiger partial charge < -0.3 is 10.1 Å². The fraction of sp³-hybridized carbons (Fsp3) is 0.455. The Hall–Kier alpha value is -3.74. The molecule has 1 atom stereocenters. The summed E-state index contributed by atoms with van der Waals surface area (Å²) in [6.45, 7) is 9.83. The van der Waals surface area contributed by atoms with Crippen molar-refractivity contribution in [2.75, 3.05) is 5.32 Å². The molecule has 0 spiro atoms. The molecule has 0 aliphatic heterocycles. The number of amides is 1. The van der Waals surface area contributed by atoms with Gasteiger partial charge >= 0.3 is 5.97 Å². The molecule has 0 radical (unpaired) electrons. The summed E-state index contributed by atoms with van der Waals surface area (Å²) in [5.41, 5.74) is 4.85. The maximum Gasteiger partial charge on any atom is 0.306 e. The molecular formula is C33H41N3O4. The highest BCUT2D eigenvalue weighted by molar-refractivity contribution is 5.97. The van der Waals surface area contributed by atoms with Gasteiger partial charge in [0.25, 0.3) is 5.56 Å². The van der Waals surface area contributed by atoms with Crippen LogP contribution in [0.2, 0.25) is 0 Å². The molecule has 212 valence electrons. The zero-order valence-electron chi connectivity index (χ0n) is 24.3. The number of rotatable bonds is 9. The van der Waals surface area contributed by atoms with Gasteiger partial charge in [-0.1, -0.05) is 49.2 Å². The number of aryl methyl sites for hydroxylation is 2. The minimum absolute atomic E-state index is 0.0105. The Morgan fingerprint density at radius 3 is 2.40 bits per heavy atom. The Kier molecular flexibility index (Phi) is 9.23. The van der Waals surface area contributed by atoms with Crippen LogP contribution in [0.25, 0.3) is 0 Å². The van der Waals surface area contributed by atoms with Gasteiger partial charge in [0, 0.05) is 18.2 Å². The van der Waals surface area contributed by atoms with E-state index in [2.05, 4.69) is 10.4 Å². The lowest BCUT2D eigenvalue weighted by atomic mass is 9.83. The summed E-state index contributed by atoms with van der Waals surface area (Å²) >= 11 is 0. The first-order valence-electron chi connectivity index (χ1n) is 14.2. The predicted octanol–water partition coefficient (Wildman–Crippen LogP) is 6.10. The van der Waals surface area contributed by atoms with Crippen molar-refractivity contribution in [3.05, 3.63) is 92.9 Å². The Labute approximate surface area is 237 Å². The summed E-state index contributed by atoms with van der Waals surface area (Å²) in [4.78, 5) is 38.2. The molecule has 1 heterocycles. The molecule has 1 aliphatic carbocycles. The quantitative estimate of drug-likeness (QED) is 0.330. The van der Waals surface area contributed by atoms with Gasteiger partial charge in [-0.25, -0.2) is 4.68 Å². The molecule has 0 bridgehead atoms. The van der Waals surface area contributed by atoms with E-state index in [4.69, 9.17) is 4.74 Å². The lowest BCUT2D eigenvalue weighted by Crippen LogP contribution is -2.27. The van der Waals surface area contributed by atoms with Gasteiger partial charge in [0.15, 0.2) is 0 Å². The fourth-order valence-electron chi connectivity index (χ4n) is 5.53. The van der Waals surface area contributed by atoms with Gasteiger partial charge in [-0.2, -0.15) is 5.10 Å². The van der Waals surface area contributed by atoms with E-state index in [1.807, 2.05) is 77.1 Å². The van der Waals surface area contributed by atoms with Crippen LogP contribution in [-0.2, 0) is 27.3 Å². The van der Waals surface area contributed by atoms with Crippen molar-refractivity contribution >= 4 is 17.6 Å². The molecule has 1 aliphatic rings. The molecule has 1 saturated carbocycles. The van der Waals surface area contributed by atoms with Gasteiger partial charge in [0.1, 0.15) is 5.60 Å². The first-order chi connectivity index (χ1) is 19.0. The Bertz CT molecular complexity index is 1400. The first-order valence-corrected chi connectivity index (χ1v) is 14.2. The van der Waals surface area contributed by atoms with Crippen LogP contribution in [0.3, 0.4) is 0 Å². The number of benzene rings is 2. The molecule has 3 aromatic rings. The highest BCUT2D eigenvalue weighted by atomic mass is 16.6. The maximum absolute atomic E-state index is 13.8. The van der Waals surface area contributed by atoms with E-state index in [-0.39, 0.29) is 35.7 Å². The summed E-state index contributed by atoms with van der Waals surface area (Å²) in [6, 6.07) is 17.1. The van der Waals surface area contributed by atoms with Crippen LogP contribution >= 0.6 is 0 Å². The number of aromatic nitrogens is 2. The van der Waals surface area contributed by atoms with Crippen LogP contribution in [0.1, 0.15) is 86.7 Å². The average Bonchev–Trinajstić information content (AvgIpc) is 3.41. The van der Waals surface area contributed by atoms with Gasteiger partial charge in [-0.15, -0.1) is 0 Å². The van der Waals surface area contributed by atoms with Gasteiger partial charge in [0.05, 0.1) is 18.2 Å². The highest BCUT2D eigenvalue weighted by Crippen LogP contribution is 2.38. The lowest BCUT2D eigenvalue weighted by molar-refractivity contribution is -0.154. The molecule has 2 aromatic carbocycles. The standard InChI is InChI=1S/C33H41N3O4/c1-22-13-19-29(37)36(35-22)21-24-14-16-27(17-15-24)31(26-9-6-7-10-26)32(39)34-28-12-8-11-25(23(28)2)18-20-30(38)40-33(3,4)5/h8,11-17,19,26,31H,6-7,9-10,18,20-21H2,1-5H3,(H,34,39).